The summed E-state index contributed by atoms with van der Waals surface area (Å²) in [5.74, 6) is -0.697. The van der Waals surface area contributed by atoms with Gasteiger partial charge < -0.3 is 4.98 Å². The van der Waals surface area contributed by atoms with Gasteiger partial charge in [-0.3, -0.25) is 14.9 Å². The van der Waals surface area contributed by atoms with Crippen LogP contribution in [0.25, 0.3) is 21.8 Å². The van der Waals surface area contributed by atoms with Crippen LogP contribution in [0.4, 0.5) is 4.39 Å². The first-order chi connectivity index (χ1) is 8.09. The highest BCUT2D eigenvalue weighted by atomic mass is 79.9. The van der Waals surface area contributed by atoms with Crippen molar-refractivity contribution in [2.45, 2.75) is 0 Å². The van der Waals surface area contributed by atoms with Gasteiger partial charge >= 0.3 is 5.69 Å². The van der Waals surface area contributed by atoms with Gasteiger partial charge in [-0.15, -0.1) is 0 Å². The van der Waals surface area contributed by atoms with Gasteiger partial charge in [-0.25, -0.2) is 9.18 Å². The molecule has 2 heterocycles. The van der Waals surface area contributed by atoms with Crippen LogP contribution in [-0.2, 0) is 0 Å². The Kier molecular flexibility index (Phi) is 1.96. The summed E-state index contributed by atoms with van der Waals surface area (Å²) in [6.07, 6.45) is 1.40. The van der Waals surface area contributed by atoms with Crippen molar-refractivity contribution >= 4 is 37.7 Å². The molecule has 3 aromatic rings. The van der Waals surface area contributed by atoms with Crippen molar-refractivity contribution in [1.82, 2.24) is 20.2 Å². The second-order valence-electron chi connectivity index (χ2n) is 3.44. The third-order valence-electron chi connectivity index (χ3n) is 2.48. The zero-order valence-corrected chi connectivity index (χ0v) is 9.68. The zero-order chi connectivity index (χ0) is 12.2. The number of halogens is 2. The normalized spacial score (nSPS) is 11.4. The summed E-state index contributed by atoms with van der Waals surface area (Å²) in [4.78, 5) is 27.1. The Morgan fingerprint density at radius 2 is 2.00 bits per heavy atom. The minimum Gasteiger partial charge on any atom is -0.304 e. The van der Waals surface area contributed by atoms with E-state index in [1.54, 1.807) is 0 Å². The molecule has 0 atom stereocenters. The summed E-state index contributed by atoms with van der Waals surface area (Å²) >= 11 is 3.06. The Balaban J connectivity index is 2.80. The third-order valence-corrected chi connectivity index (χ3v) is 3.26. The number of nitrogens with one attached hydrogen (secondary N) is 3. The lowest BCUT2D eigenvalue weighted by Gasteiger charge is -2.02. The van der Waals surface area contributed by atoms with Crippen molar-refractivity contribution in [2.24, 2.45) is 0 Å². The second kappa shape index (κ2) is 3.27. The van der Waals surface area contributed by atoms with Crippen molar-refractivity contribution in [3.63, 3.8) is 0 Å². The quantitative estimate of drug-likeness (QED) is 0.578. The minimum absolute atomic E-state index is 0.0396. The molecule has 3 rings (SSSR count). The van der Waals surface area contributed by atoms with E-state index in [4.69, 9.17) is 0 Å². The highest BCUT2D eigenvalue weighted by molar-refractivity contribution is 9.10. The monoisotopic (exact) mass is 298 g/mol. The molecule has 6 nitrogen and oxygen atoms in total. The fraction of sp³-hybridized carbons (Fsp3) is 0. The molecule has 2 aromatic heterocycles. The fourth-order valence-electron chi connectivity index (χ4n) is 1.76. The van der Waals surface area contributed by atoms with E-state index >= 15 is 0 Å². The molecule has 86 valence electrons. The molecule has 0 aliphatic heterocycles. The number of aromatic amines is 3. The van der Waals surface area contributed by atoms with Crippen molar-refractivity contribution in [3.8, 4) is 0 Å². The Morgan fingerprint density at radius 3 is 2.76 bits per heavy atom. The van der Waals surface area contributed by atoms with Gasteiger partial charge in [-0.05, 0) is 15.9 Å². The Bertz CT molecular complexity index is 863. The van der Waals surface area contributed by atoms with Crippen LogP contribution >= 0.6 is 15.9 Å². The maximum Gasteiger partial charge on any atom is 0.326 e. The standard InChI is InChI=1S/C9H4BrFN4O2/c10-4-2-1-12-15-6(2)3-7(5(4)11)13-9(17)14-8(3)16/h1H,(H,12,15)(H2,13,14,16,17). The molecule has 0 saturated heterocycles. The van der Waals surface area contributed by atoms with Crippen molar-refractivity contribution < 1.29 is 4.39 Å². The smallest absolute Gasteiger partial charge is 0.304 e. The van der Waals surface area contributed by atoms with Crippen molar-refractivity contribution in [3.05, 3.63) is 37.3 Å². The average Bonchev–Trinajstić information content (AvgIpc) is 2.73. The van der Waals surface area contributed by atoms with Gasteiger partial charge in [0.2, 0.25) is 0 Å². The molecule has 0 fully saturated rings. The summed E-state index contributed by atoms with van der Waals surface area (Å²) < 4.78 is 14.1. The molecule has 0 aliphatic carbocycles. The van der Waals surface area contributed by atoms with Gasteiger partial charge in [-0.2, -0.15) is 5.10 Å². The molecular formula is C9H4BrFN4O2. The first-order valence-corrected chi connectivity index (χ1v) is 5.35. The molecular weight excluding hydrogens is 295 g/mol. The first kappa shape index (κ1) is 10.2. The van der Waals surface area contributed by atoms with Crippen LogP contribution < -0.4 is 11.2 Å². The van der Waals surface area contributed by atoms with Crippen LogP contribution in [0.5, 0.6) is 0 Å². The topological polar surface area (TPSA) is 94.4 Å². The van der Waals surface area contributed by atoms with E-state index in [1.165, 1.54) is 6.20 Å². The fourth-order valence-corrected chi connectivity index (χ4v) is 2.26. The molecule has 0 unspecified atom stereocenters. The predicted molar refractivity (Wildman–Crippen MR) is 62.5 cm³/mol. The average molecular weight is 299 g/mol. The van der Waals surface area contributed by atoms with E-state index in [9.17, 15) is 14.0 Å². The molecule has 1 aromatic carbocycles. The van der Waals surface area contributed by atoms with Crippen LogP contribution in [-0.4, -0.2) is 20.2 Å². The number of rotatable bonds is 0. The lowest BCUT2D eigenvalue weighted by molar-refractivity contribution is 0.631. The Hall–Kier alpha value is -1.96. The van der Waals surface area contributed by atoms with Crippen LogP contribution in [0.3, 0.4) is 0 Å². The zero-order valence-electron chi connectivity index (χ0n) is 8.10. The Morgan fingerprint density at radius 1 is 1.24 bits per heavy atom. The number of aromatic nitrogens is 4. The maximum atomic E-state index is 14.0. The predicted octanol–water partition coefficient (Wildman–Crippen LogP) is 0.994. The summed E-state index contributed by atoms with van der Waals surface area (Å²) in [7, 11) is 0. The summed E-state index contributed by atoms with van der Waals surface area (Å²) in [6.45, 7) is 0. The van der Waals surface area contributed by atoms with Crippen LogP contribution in [0, 0.1) is 5.82 Å². The second-order valence-corrected chi connectivity index (χ2v) is 4.24. The highest BCUT2D eigenvalue weighted by Crippen LogP contribution is 2.30. The number of benzene rings is 1. The number of hydrogen-bond donors (Lipinski definition) is 3. The molecule has 0 amide bonds. The molecule has 17 heavy (non-hydrogen) atoms. The van der Waals surface area contributed by atoms with Crippen LogP contribution in [0.2, 0.25) is 0 Å². The minimum atomic E-state index is -0.757. The van der Waals surface area contributed by atoms with Crippen molar-refractivity contribution in [1.29, 1.82) is 0 Å². The van der Waals surface area contributed by atoms with Gasteiger partial charge in [0.15, 0.2) is 5.82 Å². The van der Waals surface area contributed by atoms with Gasteiger partial charge in [0.05, 0.1) is 27.1 Å². The molecule has 8 heteroatoms. The molecule has 3 N–H and O–H groups in total. The largest absolute Gasteiger partial charge is 0.326 e. The van der Waals surface area contributed by atoms with Gasteiger partial charge in [0.1, 0.15) is 0 Å². The van der Waals surface area contributed by atoms with Gasteiger partial charge in [-0.1, -0.05) is 0 Å². The highest BCUT2D eigenvalue weighted by Gasteiger charge is 2.17. The lowest BCUT2D eigenvalue weighted by atomic mass is 10.1. The number of H-pyrrole nitrogens is 3. The van der Waals surface area contributed by atoms with E-state index in [0.29, 0.717) is 10.9 Å². The van der Waals surface area contributed by atoms with E-state index in [-0.39, 0.29) is 15.4 Å². The maximum absolute atomic E-state index is 14.0. The number of fused-ring (bicyclic) bond motifs is 3. The SMILES string of the molecule is O=c1[nH]c(=O)c2c([nH]1)c(F)c(Br)c1cn[nH]c12. The van der Waals surface area contributed by atoms with E-state index in [2.05, 4.69) is 31.1 Å². The van der Waals surface area contributed by atoms with Gasteiger partial charge in [0, 0.05) is 5.39 Å². The molecule has 0 aliphatic rings. The molecule has 0 spiro atoms. The molecule has 0 saturated carbocycles. The third kappa shape index (κ3) is 1.27. The van der Waals surface area contributed by atoms with Gasteiger partial charge in [0.25, 0.3) is 5.56 Å². The number of hydrogen-bond acceptors (Lipinski definition) is 3. The first-order valence-electron chi connectivity index (χ1n) is 4.56. The van der Waals surface area contributed by atoms with Crippen molar-refractivity contribution in [2.75, 3.05) is 0 Å². The van der Waals surface area contributed by atoms with E-state index < -0.39 is 17.1 Å². The number of nitrogens with zero attached hydrogens (tertiary/aromatic N) is 1. The molecule has 0 bridgehead atoms. The summed E-state index contributed by atoms with van der Waals surface area (Å²) in [6, 6.07) is 0. The molecule has 0 radical (unpaired) electrons. The van der Waals surface area contributed by atoms with Crippen LogP contribution in [0.1, 0.15) is 0 Å². The summed E-state index contributed by atoms with van der Waals surface area (Å²) in [5.41, 5.74) is -1.20. The lowest BCUT2D eigenvalue weighted by Crippen LogP contribution is -2.22. The summed E-state index contributed by atoms with van der Waals surface area (Å²) in [5, 5.41) is 6.83. The van der Waals surface area contributed by atoms with E-state index in [0.717, 1.165) is 0 Å². The van der Waals surface area contributed by atoms with E-state index in [1.807, 2.05) is 4.98 Å². The van der Waals surface area contributed by atoms with Crippen LogP contribution in [0.15, 0.2) is 20.3 Å². The Labute approximate surface area is 100.0 Å².